The van der Waals surface area contributed by atoms with Crippen molar-refractivity contribution in [2.45, 2.75) is 25.9 Å². The average Bonchev–Trinajstić information content (AvgIpc) is 3.19. The summed E-state index contributed by atoms with van der Waals surface area (Å²) in [4.78, 5) is 2.54. The van der Waals surface area contributed by atoms with Crippen molar-refractivity contribution in [3.8, 4) is 0 Å². The van der Waals surface area contributed by atoms with Crippen LogP contribution in [0, 0.1) is 5.92 Å². The van der Waals surface area contributed by atoms with E-state index in [1.165, 1.54) is 25.1 Å². The first-order valence-electron chi connectivity index (χ1n) is 8.30. The van der Waals surface area contributed by atoms with E-state index in [0.717, 1.165) is 25.4 Å². The summed E-state index contributed by atoms with van der Waals surface area (Å²) in [5, 5.41) is 14.2. The lowest BCUT2D eigenvalue weighted by molar-refractivity contribution is 0.314. The third-order valence-electron chi connectivity index (χ3n) is 4.24. The Labute approximate surface area is 161 Å². The fourth-order valence-corrected chi connectivity index (χ4v) is 3.06. The van der Waals surface area contributed by atoms with Crippen molar-refractivity contribution in [1.82, 2.24) is 20.4 Å². The van der Waals surface area contributed by atoms with E-state index in [1.54, 1.807) is 0 Å². The molecule has 140 valence electrons. The number of nitrogens with one attached hydrogen (secondary N) is 2. The van der Waals surface area contributed by atoms with E-state index in [4.69, 9.17) is 4.42 Å². The zero-order valence-corrected chi connectivity index (χ0v) is 16.1. The van der Waals surface area contributed by atoms with Crippen molar-refractivity contribution in [2.75, 3.05) is 32.0 Å². The molecule has 8 heteroatoms. The minimum absolute atomic E-state index is 0. The molecular weight excluding hydrogens is 361 g/mol. The van der Waals surface area contributed by atoms with Crippen molar-refractivity contribution >= 4 is 30.8 Å². The summed E-state index contributed by atoms with van der Waals surface area (Å²) in [6.45, 7) is 4.90. The summed E-state index contributed by atoms with van der Waals surface area (Å²) >= 11 is 0. The summed E-state index contributed by atoms with van der Waals surface area (Å²) in [6.07, 6.45) is 2.40. The molecule has 0 amide bonds. The van der Waals surface area contributed by atoms with Gasteiger partial charge in [-0.1, -0.05) is 35.4 Å². The van der Waals surface area contributed by atoms with Crippen LogP contribution >= 0.6 is 24.8 Å². The number of aromatic nitrogens is 2. The number of benzene rings is 1. The first kappa shape index (κ1) is 21.7. The Morgan fingerprint density at radius 1 is 1.20 bits per heavy atom. The van der Waals surface area contributed by atoms with Gasteiger partial charge in [0, 0.05) is 19.6 Å². The van der Waals surface area contributed by atoms with Gasteiger partial charge in [0.1, 0.15) is 0 Å². The van der Waals surface area contributed by atoms with Gasteiger partial charge in [0.05, 0.1) is 6.54 Å². The van der Waals surface area contributed by atoms with Crippen LogP contribution in [0.2, 0.25) is 0 Å². The van der Waals surface area contributed by atoms with Crippen molar-refractivity contribution < 1.29 is 4.42 Å². The van der Waals surface area contributed by atoms with Crippen LogP contribution in [0.15, 0.2) is 34.7 Å². The molecule has 0 aliphatic carbocycles. The summed E-state index contributed by atoms with van der Waals surface area (Å²) < 4.78 is 5.48. The van der Waals surface area contributed by atoms with Gasteiger partial charge in [-0.15, -0.1) is 29.9 Å². The largest absolute Gasteiger partial charge is 0.407 e. The molecule has 1 aromatic carbocycles. The van der Waals surface area contributed by atoms with Crippen molar-refractivity contribution in [2.24, 2.45) is 5.92 Å². The molecule has 2 aromatic rings. The van der Waals surface area contributed by atoms with Gasteiger partial charge in [-0.2, -0.15) is 0 Å². The molecule has 1 saturated heterocycles. The highest BCUT2D eigenvalue weighted by molar-refractivity contribution is 5.85. The first-order chi connectivity index (χ1) is 11.3. The predicted octanol–water partition coefficient (Wildman–Crippen LogP) is 2.96. The minimum atomic E-state index is 0. The molecule has 25 heavy (non-hydrogen) atoms. The molecule has 0 saturated carbocycles. The highest BCUT2D eigenvalue weighted by Gasteiger charge is 2.22. The number of nitrogens with zero attached hydrogens (tertiary/aromatic N) is 3. The third kappa shape index (κ3) is 6.82. The second kappa shape index (κ2) is 11.3. The Kier molecular flexibility index (Phi) is 9.82. The van der Waals surface area contributed by atoms with Crippen LogP contribution in [0.3, 0.4) is 0 Å². The van der Waals surface area contributed by atoms with Gasteiger partial charge in [0.2, 0.25) is 5.89 Å². The van der Waals surface area contributed by atoms with Gasteiger partial charge in [0.15, 0.2) is 0 Å². The van der Waals surface area contributed by atoms with Gasteiger partial charge in [-0.3, -0.25) is 4.90 Å². The topological polar surface area (TPSA) is 66.2 Å². The lowest BCUT2D eigenvalue weighted by Gasteiger charge is -2.16. The molecule has 2 heterocycles. The predicted molar refractivity (Wildman–Crippen MR) is 104 cm³/mol. The van der Waals surface area contributed by atoms with E-state index in [9.17, 15) is 0 Å². The summed E-state index contributed by atoms with van der Waals surface area (Å²) in [6, 6.07) is 11.2. The molecule has 0 bridgehead atoms. The van der Waals surface area contributed by atoms with Crippen molar-refractivity contribution in [3.63, 3.8) is 0 Å². The Bertz CT molecular complexity index is 596. The monoisotopic (exact) mass is 387 g/mol. The number of halogens is 2. The van der Waals surface area contributed by atoms with E-state index in [1.807, 2.05) is 7.05 Å². The molecule has 1 unspecified atom stereocenters. The second-order valence-corrected chi connectivity index (χ2v) is 6.12. The van der Waals surface area contributed by atoms with Gasteiger partial charge < -0.3 is 15.1 Å². The van der Waals surface area contributed by atoms with Gasteiger partial charge in [-0.05, 0) is 37.9 Å². The number of anilines is 1. The molecule has 0 radical (unpaired) electrons. The number of rotatable bonds is 8. The van der Waals surface area contributed by atoms with Crippen molar-refractivity contribution in [1.29, 1.82) is 0 Å². The molecule has 1 aliphatic heterocycles. The van der Waals surface area contributed by atoms with Gasteiger partial charge >= 0.3 is 6.01 Å². The zero-order valence-electron chi connectivity index (χ0n) is 14.5. The van der Waals surface area contributed by atoms with Crippen LogP contribution in [-0.4, -0.2) is 41.8 Å². The van der Waals surface area contributed by atoms with E-state index in [-0.39, 0.29) is 24.8 Å². The SMILES string of the molecule is CNCc1nnc(NCCC2CCN(Cc3ccccc3)C2)o1.Cl.Cl. The quantitative estimate of drug-likeness (QED) is 0.725. The van der Waals surface area contributed by atoms with Crippen LogP contribution in [0.25, 0.3) is 0 Å². The Morgan fingerprint density at radius 2 is 2.00 bits per heavy atom. The van der Waals surface area contributed by atoms with Crippen LogP contribution < -0.4 is 10.6 Å². The molecule has 6 nitrogen and oxygen atoms in total. The molecule has 1 fully saturated rings. The van der Waals surface area contributed by atoms with E-state index in [2.05, 4.69) is 56.1 Å². The lowest BCUT2D eigenvalue weighted by Crippen LogP contribution is -2.20. The highest BCUT2D eigenvalue weighted by Crippen LogP contribution is 2.21. The highest BCUT2D eigenvalue weighted by atomic mass is 35.5. The number of hydrogen-bond donors (Lipinski definition) is 2. The van der Waals surface area contributed by atoms with Crippen LogP contribution in [0.4, 0.5) is 6.01 Å². The lowest BCUT2D eigenvalue weighted by atomic mass is 10.1. The molecule has 3 rings (SSSR count). The van der Waals surface area contributed by atoms with Gasteiger partial charge in [-0.25, -0.2) is 0 Å². The molecular formula is C17H27Cl2N5O. The number of likely N-dealkylation sites (tertiary alicyclic amines) is 1. The normalized spacial score (nSPS) is 16.9. The maximum atomic E-state index is 5.48. The molecule has 0 spiro atoms. The molecule has 1 aliphatic rings. The second-order valence-electron chi connectivity index (χ2n) is 6.12. The third-order valence-corrected chi connectivity index (χ3v) is 4.24. The van der Waals surface area contributed by atoms with E-state index in [0.29, 0.717) is 18.5 Å². The zero-order chi connectivity index (χ0) is 15.9. The minimum Gasteiger partial charge on any atom is -0.407 e. The smallest absolute Gasteiger partial charge is 0.315 e. The molecule has 2 N–H and O–H groups in total. The standard InChI is InChI=1S/C17H25N5O.2ClH/c1-18-11-16-20-21-17(23-16)19-9-7-15-8-10-22(13-15)12-14-5-3-2-4-6-14;;/h2-6,15,18H,7-13H2,1H3,(H,19,21);2*1H. The molecule has 1 aromatic heterocycles. The average molecular weight is 388 g/mol. The van der Waals surface area contributed by atoms with Crippen molar-refractivity contribution in [3.05, 3.63) is 41.8 Å². The van der Waals surface area contributed by atoms with E-state index < -0.39 is 0 Å². The maximum Gasteiger partial charge on any atom is 0.315 e. The fourth-order valence-electron chi connectivity index (χ4n) is 3.06. The summed E-state index contributed by atoms with van der Waals surface area (Å²) in [7, 11) is 1.86. The Hall–Kier alpha value is -1.34. The summed E-state index contributed by atoms with van der Waals surface area (Å²) in [5.74, 6) is 1.36. The Balaban J connectivity index is 0.00000156. The molecule has 1 atom stereocenters. The van der Waals surface area contributed by atoms with Crippen LogP contribution in [-0.2, 0) is 13.1 Å². The van der Waals surface area contributed by atoms with Crippen LogP contribution in [0.5, 0.6) is 0 Å². The van der Waals surface area contributed by atoms with Gasteiger partial charge in [0.25, 0.3) is 0 Å². The number of hydrogen-bond acceptors (Lipinski definition) is 6. The Morgan fingerprint density at radius 3 is 2.76 bits per heavy atom. The van der Waals surface area contributed by atoms with E-state index >= 15 is 0 Å². The van der Waals surface area contributed by atoms with Crippen LogP contribution in [0.1, 0.15) is 24.3 Å². The first-order valence-corrected chi connectivity index (χ1v) is 8.30. The maximum absolute atomic E-state index is 5.48. The fraction of sp³-hybridized carbons (Fsp3) is 0.529. The summed E-state index contributed by atoms with van der Waals surface area (Å²) in [5.41, 5.74) is 1.40.